The Labute approximate surface area is 212 Å². The highest BCUT2D eigenvalue weighted by Gasteiger charge is 2.38. The SMILES string of the molecule is O=C(O)C(F)(F)F.O=C(c1ccccc1Cl)N(CCc1ccccc1)CCS(=O)(=O)N1CCNCC1. The molecule has 0 saturated carbocycles. The predicted octanol–water partition coefficient (Wildman–Crippen LogP) is 2.89. The largest absolute Gasteiger partial charge is 0.490 e. The third-order valence-electron chi connectivity index (χ3n) is 5.24. The molecule has 1 aliphatic heterocycles. The van der Waals surface area contributed by atoms with Crippen molar-refractivity contribution in [2.24, 2.45) is 0 Å². The number of alkyl halides is 3. The summed E-state index contributed by atoms with van der Waals surface area (Å²) in [5.74, 6) is -3.10. The van der Waals surface area contributed by atoms with Gasteiger partial charge in [-0.3, -0.25) is 4.79 Å². The van der Waals surface area contributed by atoms with Gasteiger partial charge in [0.1, 0.15) is 0 Å². The number of nitrogens with one attached hydrogen (secondary N) is 1. The average Bonchev–Trinajstić information content (AvgIpc) is 2.85. The van der Waals surface area contributed by atoms with Crippen LogP contribution in [0.25, 0.3) is 0 Å². The molecule has 1 fully saturated rings. The van der Waals surface area contributed by atoms with E-state index in [4.69, 9.17) is 21.5 Å². The van der Waals surface area contributed by atoms with E-state index in [1.54, 1.807) is 29.2 Å². The van der Waals surface area contributed by atoms with Crippen LogP contribution in [0.2, 0.25) is 5.02 Å². The Kier molecular flexibility index (Phi) is 11.2. The fourth-order valence-corrected chi connectivity index (χ4v) is 4.97. The van der Waals surface area contributed by atoms with E-state index in [2.05, 4.69) is 5.32 Å². The molecular weight excluding hydrogens is 523 g/mol. The molecule has 3 rings (SSSR count). The third kappa shape index (κ3) is 9.41. The first kappa shape index (κ1) is 29.6. The summed E-state index contributed by atoms with van der Waals surface area (Å²) >= 11 is 6.21. The van der Waals surface area contributed by atoms with Crippen molar-refractivity contribution in [1.29, 1.82) is 0 Å². The minimum atomic E-state index is -5.08. The van der Waals surface area contributed by atoms with Gasteiger partial charge in [-0.15, -0.1) is 0 Å². The number of hydrogen-bond acceptors (Lipinski definition) is 5. The molecule has 1 aliphatic rings. The van der Waals surface area contributed by atoms with Crippen LogP contribution in [0.1, 0.15) is 15.9 Å². The molecule has 0 spiro atoms. The minimum Gasteiger partial charge on any atom is -0.475 e. The number of sulfonamides is 1. The van der Waals surface area contributed by atoms with E-state index in [1.165, 1.54) is 4.31 Å². The van der Waals surface area contributed by atoms with E-state index in [1.807, 2.05) is 30.3 Å². The molecule has 2 aromatic carbocycles. The van der Waals surface area contributed by atoms with E-state index < -0.39 is 22.2 Å². The van der Waals surface area contributed by atoms with Crippen LogP contribution < -0.4 is 5.32 Å². The molecule has 8 nitrogen and oxygen atoms in total. The fraction of sp³-hybridized carbons (Fsp3) is 0.391. The zero-order chi connectivity index (χ0) is 26.8. The number of piperazine rings is 1. The lowest BCUT2D eigenvalue weighted by Crippen LogP contribution is -2.48. The molecule has 0 bridgehead atoms. The smallest absolute Gasteiger partial charge is 0.475 e. The standard InChI is InChI=1S/C21H26ClN3O3S.C2HF3O2/c22-20-9-5-4-8-19(20)21(26)24(13-10-18-6-2-1-3-7-18)16-17-29(27,28)25-14-11-23-12-15-25;3-2(4,5)1(6)7/h1-9,23H,10-17H2;(H,6,7). The summed E-state index contributed by atoms with van der Waals surface area (Å²) in [6.07, 6.45) is -4.44. The van der Waals surface area contributed by atoms with Crippen LogP contribution in [0.5, 0.6) is 0 Å². The van der Waals surface area contributed by atoms with Crippen LogP contribution >= 0.6 is 11.6 Å². The Bertz CT molecular complexity index is 1110. The summed E-state index contributed by atoms with van der Waals surface area (Å²) in [5.41, 5.74) is 1.48. The zero-order valence-electron chi connectivity index (χ0n) is 19.2. The normalized spacial score (nSPS) is 14.4. The summed E-state index contributed by atoms with van der Waals surface area (Å²) in [7, 11) is -3.42. The van der Waals surface area contributed by atoms with Gasteiger partial charge in [-0.2, -0.15) is 17.5 Å². The first-order valence-corrected chi connectivity index (χ1v) is 13.0. The molecule has 13 heteroatoms. The number of rotatable bonds is 8. The van der Waals surface area contributed by atoms with E-state index in [0.717, 1.165) is 5.56 Å². The highest BCUT2D eigenvalue weighted by molar-refractivity contribution is 7.89. The Morgan fingerprint density at radius 2 is 1.56 bits per heavy atom. The zero-order valence-corrected chi connectivity index (χ0v) is 20.8. The molecule has 2 aromatic rings. The van der Waals surface area contributed by atoms with Crippen LogP contribution in [0.3, 0.4) is 0 Å². The van der Waals surface area contributed by atoms with Crippen LogP contribution in [0.15, 0.2) is 54.6 Å². The highest BCUT2D eigenvalue weighted by Crippen LogP contribution is 2.18. The first-order valence-electron chi connectivity index (χ1n) is 11.0. The number of carbonyl (C=O) groups excluding carboxylic acids is 1. The summed E-state index contributed by atoms with van der Waals surface area (Å²) in [6.45, 7) is 2.77. The number of carboxylic acids is 1. The first-order chi connectivity index (χ1) is 16.9. The molecule has 0 aromatic heterocycles. The monoisotopic (exact) mass is 549 g/mol. The molecular formula is C23H27ClF3N3O5S. The lowest BCUT2D eigenvalue weighted by atomic mass is 10.1. The minimum absolute atomic E-state index is 0.0992. The van der Waals surface area contributed by atoms with Crippen molar-refractivity contribution in [3.8, 4) is 0 Å². The van der Waals surface area contributed by atoms with Gasteiger partial charge in [-0.05, 0) is 24.1 Å². The van der Waals surface area contributed by atoms with Gasteiger partial charge in [0.2, 0.25) is 10.0 Å². The summed E-state index contributed by atoms with van der Waals surface area (Å²) in [4.78, 5) is 23.6. The molecule has 2 N–H and O–H groups in total. The molecule has 0 aliphatic carbocycles. The Balaban J connectivity index is 0.000000572. The summed E-state index contributed by atoms with van der Waals surface area (Å²) in [6, 6.07) is 16.7. The van der Waals surface area contributed by atoms with Gasteiger partial charge < -0.3 is 15.3 Å². The molecule has 1 amide bonds. The Morgan fingerprint density at radius 3 is 2.11 bits per heavy atom. The van der Waals surface area contributed by atoms with E-state index >= 15 is 0 Å². The van der Waals surface area contributed by atoms with Crippen LogP contribution in [-0.4, -0.2) is 85.8 Å². The molecule has 0 atom stereocenters. The number of amides is 1. The van der Waals surface area contributed by atoms with Crippen LogP contribution in [-0.2, 0) is 21.2 Å². The maximum Gasteiger partial charge on any atom is 0.490 e. The topological polar surface area (TPSA) is 107 Å². The second kappa shape index (κ2) is 13.6. The number of carbonyl (C=O) groups is 2. The van der Waals surface area contributed by atoms with E-state index in [9.17, 15) is 26.4 Å². The van der Waals surface area contributed by atoms with Gasteiger partial charge in [0.25, 0.3) is 5.91 Å². The van der Waals surface area contributed by atoms with Crippen molar-refractivity contribution in [3.05, 3.63) is 70.7 Å². The second-order valence-corrected chi connectivity index (χ2v) is 10.3. The summed E-state index contributed by atoms with van der Waals surface area (Å²) in [5, 5.41) is 10.6. The van der Waals surface area contributed by atoms with Gasteiger partial charge in [0.15, 0.2) is 0 Å². The summed E-state index contributed by atoms with van der Waals surface area (Å²) < 4.78 is 58.7. The van der Waals surface area contributed by atoms with Crippen molar-refractivity contribution in [3.63, 3.8) is 0 Å². The predicted molar refractivity (Wildman–Crippen MR) is 129 cm³/mol. The van der Waals surface area contributed by atoms with Crippen molar-refractivity contribution < 1.29 is 36.3 Å². The molecule has 0 radical (unpaired) electrons. The van der Waals surface area contributed by atoms with Gasteiger partial charge in [0, 0.05) is 39.3 Å². The van der Waals surface area contributed by atoms with Crippen LogP contribution in [0, 0.1) is 0 Å². The van der Waals surface area contributed by atoms with Crippen LogP contribution in [0.4, 0.5) is 13.2 Å². The molecule has 36 heavy (non-hydrogen) atoms. The number of benzene rings is 2. The Hall–Kier alpha value is -2.67. The lowest BCUT2D eigenvalue weighted by molar-refractivity contribution is -0.192. The molecule has 1 saturated heterocycles. The highest BCUT2D eigenvalue weighted by atomic mass is 35.5. The quantitative estimate of drug-likeness (QED) is 0.524. The average molecular weight is 550 g/mol. The fourth-order valence-electron chi connectivity index (χ4n) is 3.31. The number of carboxylic acid groups (broad SMARTS) is 1. The lowest BCUT2D eigenvalue weighted by Gasteiger charge is -2.28. The van der Waals surface area contributed by atoms with E-state index in [0.29, 0.717) is 49.7 Å². The second-order valence-electron chi connectivity index (χ2n) is 7.78. The number of aliphatic carboxylic acids is 1. The number of nitrogens with zero attached hydrogens (tertiary/aromatic N) is 2. The Morgan fingerprint density at radius 1 is 1.00 bits per heavy atom. The van der Waals surface area contributed by atoms with Crippen molar-refractivity contribution in [2.75, 3.05) is 45.0 Å². The maximum atomic E-state index is 13.1. The van der Waals surface area contributed by atoms with Crippen molar-refractivity contribution in [2.45, 2.75) is 12.6 Å². The molecule has 1 heterocycles. The van der Waals surface area contributed by atoms with Gasteiger partial charge in [-0.25, -0.2) is 13.2 Å². The van der Waals surface area contributed by atoms with Gasteiger partial charge in [-0.1, -0.05) is 54.1 Å². The maximum absolute atomic E-state index is 13.1. The van der Waals surface area contributed by atoms with Crippen molar-refractivity contribution >= 4 is 33.5 Å². The third-order valence-corrected chi connectivity index (χ3v) is 7.42. The van der Waals surface area contributed by atoms with Crippen molar-refractivity contribution in [1.82, 2.24) is 14.5 Å². The molecule has 198 valence electrons. The van der Waals surface area contributed by atoms with Gasteiger partial charge in [0.05, 0.1) is 16.3 Å². The molecule has 0 unspecified atom stereocenters. The number of halogens is 4. The van der Waals surface area contributed by atoms with Gasteiger partial charge >= 0.3 is 12.1 Å². The van der Waals surface area contributed by atoms with E-state index in [-0.39, 0.29) is 18.2 Å². The number of hydrogen-bond donors (Lipinski definition) is 2.